The summed E-state index contributed by atoms with van der Waals surface area (Å²) in [4.78, 5) is 65.8. The van der Waals surface area contributed by atoms with Crippen LogP contribution in [0.5, 0.6) is 0 Å². The zero-order valence-corrected chi connectivity index (χ0v) is 22.1. The minimum atomic E-state index is -1.22. The zero-order valence-electron chi connectivity index (χ0n) is 22.1. The molecule has 0 bridgehead atoms. The van der Waals surface area contributed by atoms with E-state index in [1.165, 1.54) is 9.80 Å². The van der Waals surface area contributed by atoms with Gasteiger partial charge in [-0.25, -0.2) is 9.59 Å². The molecule has 2 aromatic rings. The van der Waals surface area contributed by atoms with Gasteiger partial charge in [0.25, 0.3) is 0 Å². The molecule has 2 aliphatic rings. The molecule has 0 radical (unpaired) electrons. The summed E-state index contributed by atoms with van der Waals surface area (Å²) in [5.41, 5.74) is 0.456. The van der Waals surface area contributed by atoms with E-state index in [-0.39, 0.29) is 45.6 Å². The Morgan fingerprint density at radius 1 is 0.900 bits per heavy atom. The number of alkyl carbamates (subject to hydrolysis) is 1. The Bertz CT molecular complexity index is 1220. The van der Waals surface area contributed by atoms with Crippen molar-refractivity contribution >= 4 is 29.8 Å². The molecule has 2 fully saturated rings. The molecule has 2 N–H and O–H groups in total. The molecule has 4 rings (SSSR count). The number of likely N-dealkylation sites (tertiary alicyclic amines) is 2. The molecule has 0 aliphatic carbocycles. The van der Waals surface area contributed by atoms with Crippen molar-refractivity contribution < 1.29 is 38.6 Å². The highest BCUT2D eigenvalue weighted by Gasteiger charge is 2.56. The van der Waals surface area contributed by atoms with Crippen LogP contribution in [0.2, 0.25) is 0 Å². The van der Waals surface area contributed by atoms with Crippen molar-refractivity contribution in [2.24, 2.45) is 0 Å². The molecule has 2 atom stereocenters. The van der Waals surface area contributed by atoms with Crippen LogP contribution in [0.1, 0.15) is 43.2 Å². The number of hydrogen-bond acceptors (Lipinski definition) is 7. The van der Waals surface area contributed by atoms with Gasteiger partial charge in [0, 0.05) is 19.5 Å². The fourth-order valence-corrected chi connectivity index (χ4v) is 5.30. The Kier molecular flexibility index (Phi) is 9.36. The van der Waals surface area contributed by atoms with Crippen LogP contribution in [0.25, 0.3) is 0 Å². The first-order valence-corrected chi connectivity index (χ1v) is 13.3. The first-order chi connectivity index (χ1) is 19.3. The summed E-state index contributed by atoms with van der Waals surface area (Å²) in [6.07, 6.45) is 0.227. The SMILES string of the molecule is O=C(CC[C@@H](C(=O)O)N1CC[C@]2(CCCN2C(=O)CNC(=O)OCc2ccccc2)C1=O)OCc1ccccc1. The lowest BCUT2D eigenvalue weighted by Gasteiger charge is -2.34. The molecule has 0 aromatic heterocycles. The average molecular weight is 552 g/mol. The molecule has 212 valence electrons. The van der Waals surface area contributed by atoms with E-state index in [9.17, 15) is 29.1 Å². The van der Waals surface area contributed by atoms with E-state index in [1.54, 1.807) is 0 Å². The number of carboxylic acid groups (broad SMARTS) is 1. The van der Waals surface area contributed by atoms with E-state index in [0.717, 1.165) is 11.1 Å². The van der Waals surface area contributed by atoms with Gasteiger partial charge in [0.15, 0.2) is 0 Å². The maximum atomic E-state index is 13.6. The molecule has 2 saturated heterocycles. The number of aliphatic carboxylic acids is 1. The van der Waals surface area contributed by atoms with Crippen molar-refractivity contribution in [3.8, 4) is 0 Å². The lowest BCUT2D eigenvalue weighted by Crippen LogP contribution is -2.56. The van der Waals surface area contributed by atoms with Crippen LogP contribution in [0.4, 0.5) is 4.79 Å². The summed E-state index contributed by atoms with van der Waals surface area (Å²) in [6, 6.07) is 17.0. The first kappa shape index (κ1) is 28.6. The predicted octanol–water partition coefficient (Wildman–Crippen LogP) is 2.48. The number of carbonyl (C=O) groups is 5. The standard InChI is InChI=1S/C29H33N3O8/c33-24(18-30-28(38)40-20-22-10-5-2-6-11-22)32-16-7-14-29(32)15-17-31(27(29)37)23(26(35)36)12-13-25(34)39-19-21-8-3-1-4-9-21/h1-6,8-11,23H,7,12-20H2,(H,30,38)(H,35,36)/t23-,29+/m0/s1. The van der Waals surface area contributed by atoms with Crippen molar-refractivity contribution in [2.45, 2.75) is 56.9 Å². The van der Waals surface area contributed by atoms with Gasteiger partial charge < -0.3 is 29.7 Å². The van der Waals surface area contributed by atoms with Crippen LogP contribution >= 0.6 is 0 Å². The smallest absolute Gasteiger partial charge is 0.407 e. The van der Waals surface area contributed by atoms with Crippen molar-refractivity contribution in [3.63, 3.8) is 0 Å². The molecule has 0 saturated carbocycles. The molecular formula is C29H33N3O8. The number of carboxylic acids is 1. The van der Waals surface area contributed by atoms with Gasteiger partial charge in [-0.3, -0.25) is 14.4 Å². The van der Waals surface area contributed by atoms with E-state index >= 15 is 0 Å². The number of amides is 3. The Labute approximate surface area is 232 Å². The van der Waals surface area contributed by atoms with Gasteiger partial charge >= 0.3 is 18.0 Å². The van der Waals surface area contributed by atoms with Crippen LogP contribution in [0.3, 0.4) is 0 Å². The molecule has 0 unspecified atom stereocenters. The largest absolute Gasteiger partial charge is 0.480 e. The molecule has 3 amide bonds. The number of benzene rings is 2. The summed E-state index contributed by atoms with van der Waals surface area (Å²) in [5, 5.41) is 12.3. The van der Waals surface area contributed by atoms with Crippen LogP contribution in [-0.4, -0.2) is 76.0 Å². The number of carbonyl (C=O) groups excluding carboxylic acids is 4. The Morgan fingerprint density at radius 3 is 2.15 bits per heavy atom. The normalized spacial score (nSPS) is 18.9. The van der Waals surface area contributed by atoms with Gasteiger partial charge in [0.1, 0.15) is 31.3 Å². The summed E-state index contributed by atoms with van der Waals surface area (Å²) in [7, 11) is 0. The van der Waals surface area contributed by atoms with Crippen LogP contribution in [-0.2, 0) is 41.9 Å². The lowest BCUT2D eigenvalue weighted by molar-refractivity contribution is -0.154. The van der Waals surface area contributed by atoms with Gasteiger partial charge in [0.2, 0.25) is 11.8 Å². The number of ether oxygens (including phenoxy) is 2. The third-order valence-electron chi connectivity index (χ3n) is 7.34. The van der Waals surface area contributed by atoms with Crippen LogP contribution < -0.4 is 5.32 Å². The maximum Gasteiger partial charge on any atom is 0.407 e. The molecule has 2 heterocycles. The van der Waals surface area contributed by atoms with Crippen molar-refractivity contribution in [1.82, 2.24) is 15.1 Å². The van der Waals surface area contributed by atoms with Gasteiger partial charge in [-0.2, -0.15) is 0 Å². The topological polar surface area (TPSA) is 143 Å². The number of hydrogen-bond donors (Lipinski definition) is 2. The van der Waals surface area contributed by atoms with Crippen LogP contribution in [0.15, 0.2) is 60.7 Å². The number of nitrogens with one attached hydrogen (secondary N) is 1. The van der Waals surface area contributed by atoms with E-state index in [2.05, 4.69) is 5.32 Å². The Balaban J connectivity index is 1.30. The molecule has 11 nitrogen and oxygen atoms in total. The fourth-order valence-electron chi connectivity index (χ4n) is 5.30. The minimum absolute atomic E-state index is 0.0539. The second kappa shape index (κ2) is 13.1. The van der Waals surface area contributed by atoms with Gasteiger partial charge in [0.05, 0.1) is 0 Å². The van der Waals surface area contributed by atoms with E-state index in [0.29, 0.717) is 19.4 Å². The summed E-state index contributed by atoms with van der Waals surface area (Å²) < 4.78 is 10.4. The first-order valence-electron chi connectivity index (χ1n) is 13.3. The van der Waals surface area contributed by atoms with Crippen LogP contribution in [0, 0.1) is 0 Å². The molecule has 40 heavy (non-hydrogen) atoms. The number of rotatable bonds is 11. The number of nitrogens with zero attached hydrogens (tertiary/aromatic N) is 2. The zero-order chi connectivity index (χ0) is 28.5. The Hall–Kier alpha value is -4.41. The Morgan fingerprint density at radius 2 is 1.52 bits per heavy atom. The van der Waals surface area contributed by atoms with E-state index in [1.807, 2.05) is 60.7 Å². The molecule has 11 heteroatoms. The highest BCUT2D eigenvalue weighted by molar-refractivity contribution is 5.97. The van der Waals surface area contributed by atoms with Crippen molar-refractivity contribution in [2.75, 3.05) is 19.6 Å². The molecular weight excluding hydrogens is 518 g/mol. The highest BCUT2D eigenvalue weighted by Crippen LogP contribution is 2.40. The second-order valence-electron chi connectivity index (χ2n) is 9.88. The summed E-state index contributed by atoms with van der Waals surface area (Å²) in [5.74, 6) is -2.67. The summed E-state index contributed by atoms with van der Waals surface area (Å²) >= 11 is 0. The lowest BCUT2D eigenvalue weighted by atomic mass is 9.94. The molecule has 2 aromatic carbocycles. The van der Waals surface area contributed by atoms with Gasteiger partial charge in [-0.1, -0.05) is 60.7 Å². The third-order valence-corrected chi connectivity index (χ3v) is 7.34. The summed E-state index contributed by atoms with van der Waals surface area (Å²) in [6.45, 7) is 0.249. The fraction of sp³-hybridized carbons (Fsp3) is 0.414. The van der Waals surface area contributed by atoms with Crippen molar-refractivity contribution in [1.29, 1.82) is 0 Å². The number of esters is 1. The average Bonchev–Trinajstić information content (AvgIpc) is 3.54. The quantitative estimate of drug-likeness (QED) is 0.406. The third kappa shape index (κ3) is 6.77. The maximum absolute atomic E-state index is 13.6. The second-order valence-corrected chi connectivity index (χ2v) is 9.88. The minimum Gasteiger partial charge on any atom is -0.480 e. The highest BCUT2D eigenvalue weighted by atomic mass is 16.5. The van der Waals surface area contributed by atoms with Gasteiger partial charge in [-0.15, -0.1) is 0 Å². The predicted molar refractivity (Wildman–Crippen MR) is 142 cm³/mol. The molecule has 1 spiro atoms. The van der Waals surface area contributed by atoms with E-state index < -0.39 is 41.4 Å². The van der Waals surface area contributed by atoms with Gasteiger partial charge in [-0.05, 0) is 36.8 Å². The monoisotopic (exact) mass is 551 g/mol. The van der Waals surface area contributed by atoms with E-state index in [4.69, 9.17) is 9.47 Å². The van der Waals surface area contributed by atoms with Crippen molar-refractivity contribution in [3.05, 3.63) is 71.8 Å². The molecule has 2 aliphatic heterocycles.